The Hall–Kier alpha value is -0.800. The van der Waals surface area contributed by atoms with Crippen LogP contribution in [0.1, 0.15) is 19.3 Å². The molecule has 0 aromatic carbocycles. The van der Waals surface area contributed by atoms with Crippen LogP contribution in [0.2, 0.25) is 5.02 Å². The molecule has 82 valence electrons. The summed E-state index contributed by atoms with van der Waals surface area (Å²) < 4.78 is 0. The van der Waals surface area contributed by atoms with Crippen LogP contribution in [0.15, 0.2) is 18.5 Å². The SMILES string of the molecule is Clc1cnccc1NCC[C@@H]1CCCN1. The highest BCUT2D eigenvalue weighted by atomic mass is 35.5. The summed E-state index contributed by atoms with van der Waals surface area (Å²) in [4.78, 5) is 3.95. The van der Waals surface area contributed by atoms with Crippen LogP contribution in [0.3, 0.4) is 0 Å². The zero-order chi connectivity index (χ0) is 10.5. The molecule has 0 amide bonds. The van der Waals surface area contributed by atoms with E-state index in [4.69, 9.17) is 11.6 Å². The molecule has 2 rings (SSSR count). The number of anilines is 1. The number of hydrogen-bond acceptors (Lipinski definition) is 3. The topological polar surface area (TPSA) is 37.0 Å². The van der Waals surface area contributed by atoms with Crippen molar-refractivity contribution in [3.05, 3.63) is 23.5 Å². The summed E-state index contributed by atoms with van der Waals surface area (Å²) in [7, 11) is 0. The maximum atomic E-state index is 5.98. The highest BCUT2D eigenvalue weighted by Gasteiger charge is 2.12. The first-order valence-corrected chi connectivity index (χ1v) is 5.81. The van der Waals surface area contributed by atoms with Gasteiger partial charge in [0, 0.05) is 25.0 Å². The zero-order valence-corrected chi connectivity index (χ0v) is 9.43. The van der Waals surface area contributed by atoms with Crippen molar-refractivity contribution in [2.45, 2.75) is 25.3 Å². The molecular weight excluding hydrogens is 210 g/mol. The maximum absolute atomic E-state index is 5.98. The van der Waals surface area contributed by atoms with Crippen LogP contribution in [0, 0.1) is 0 Å². The second kappa shape index (κ2) is 5.33. The average molecular weight is 226 g/mol. The Morgan fingerprint density at radius 3 is 3.27 bits per heavy atom. The normalized spacial score (nSPS) is 20.5. The fraction of sp³-hybridized carbons (Fsp3) is 0.545. The molecule has 0 aliphatic carbocycles. The van der Waals surface area contributed by atoms with Gasteiger partial charge in [0.2, 0.25) is 0 Å². The van der Waals surface area contributed by atoms with Gasteiger partial charge in [0.1, 0.15) is 0 Å². The molecule has 1 fully saturated rings. The van der Waals surface area contributed by atoms with Crippen molar-refractivity contribution >= 4 is 17.3 Å². The Balaban J connectivity index is 1.75. The molecule has 2 heterocycles. The third kappa shape index (κ3) is 3.08. The second-order valence-corrected chi connectivity index (χ2v) is 4.27. The first-order chi connectivity index (χ1) is 7.36. The van der Waals surface area contributed by atoms with Crippen molar-refractivity contribution in [3.8, 4) is 0 Å². The lowest BCUT2D eigenvalue weighted by Gasteiger charge is -2.12. The molecule has 3 nitrogen and oxygen atoms in total. The van der Waals surface area contributed by atoms with Crippen LogP contribution in [0.5, 0.6) is 0 Å². The maximum Gasteiger partial charge on any atom is 0.0820 e. The summed E-state index contributed by atoms with van der Waals surface area (Å²) in [5, 5.41) is 7.49. The molecule has 0 saturated carbocycles. The van der Waals surface area contributed by atoms with Gasteiger partial charge in [-0.05, 0) is 31.9 Å². The van der Waals surface area contributed by atoms with Crippen molar-refractivity contribution in [1.29, 1.82) is 0 Å². The Labute approximate surface area is 95.2 Å². The van der Waals surface area contributed by atoms with Crippen molar-refractivity contribution in [2.75, 3.05) is 18.4 Å². The van der Waals surface area contributed by atoms with Gasteiger partial charge in [-0.25, -0.2) is 0 Å². The highest BCUT2D eigenvalue weighted by molar-refractivity contribution is 6.33. The minimum absolute atomic E-state index is 0.679. The largest absolute Gasteiger partial charge is 0.384 e. The van der Waals surface area contributed by atoms with Gasteiger partial charge in [0.05, 0.1) is 10.7 Å². The van der Waals surface area contributed by atoms with Gasteiger partial charge < -0.3 is 10.6 Å². The molecular formula is C11H16ClN3. The lowest BCUT2D eigenvalue weighted by molar-refractivity contribution is 0.574. The molecule has 1 aliphatic heterocycles. The fourth-order valence-corrected chi connectivity index (χ4v) is 2.09. The second-order valence-electron chi connectivity index (χ2n) is 3.86. The van der Waals surface area contributed by atoms with E-state index in [-0.39, 0.29) is 0 Å². The van der Waals surface area contributed by atoms with E-state index in [1.54, 1.807) is 12.4 Å². The molecule has 1 atom stereocenters. The van der Waals surface area contributed by atoms with E-state index in [2.05, 4.69) is 15.6 Å². The van der Waals surface area contributed by atoms with E-state index < -0.39 is 0 Å². The van der Waals surface area contributed by atoms with Gasteiger partial charge in [0.25, 0.3) is 0 Å². The van der Waals surface area contributed by atoms with Gasteiger partial charge in [-0.15, -0.1) is 0 Å². The fourth-order valence-electron chi connectivity index (χ4n) is 1.90. The predicted molar refractivity (Wildman–Crippen MR) is 63.4 cm³/mol. The summed E-state index contributed by atoms with van der Waals surface area (Å²) >= 11 is 5.98. The summed E-state index contributed by atoms with van der Waals surface area (Å²) in [5.41, 5.74) is 0.977. The average Bonchev–Trinajstić information content (AvgIpc) is 2.74. The molecule has 1 aromatic heterocycles. The lowest BCUT2D eigenvalue weighted by Crippen LogP contribution is -2.24. The minimum atomic E-state index is 0.679. The Morgan fingerprint density at radius 1 is 1.60 bits per heavy atom. The van der Waals surface area contributed by atoms with Gasteiger partial charge in [-0.1, -0.05) is 11.6 Å². The molecule has 0 bridgehead atoms. The smallest absolute Gasteiger partial charge is 0.0820 e. The van der Waals surface area contributed by atoms with Gasteiger partial charge in [-0.2, -0.15) is 0 Å². The number of rotatable bonds is 4. The van der Waals surface area contributed by atoms with Crippen molar-refractivity contribution in [3.63, 3.8) is 0 Å². The van der Waals surface area contributed by atoms with E-state index in [1.807, 2.05) is 6.07 Å². The molecule has 0 unspecified atom stereocenters. The minimum Gasteiger partial charge on any atom is -0.384 e. The molecule has 4 heteroatoms. The molecule has 0 radical (unpaired) electrons. The standard InChI is InChI=1S/C11H16ClN3/c12-10-8-13-6-4-11(10)15-7-3-9-2-1-5-14-9/h4,6,8-9,14H,1-3,5,7H2,(H,13,15)/t9-/m0/s1. The number of hydrogen-bond donors (Lipinski definition) is 2. The summed E-state index contributed by atoms with van der Waals surface area (Å²) in [5.74, 6) is 0. The van der Waals surface area contributed by atoms with Crippen molar-refractivity contribution in [1.82, 2.24) is 10.3 Å². The highest BCUT2D eigenvalue weighted by Crippen LogP contribution is 2.19. The molecule has 0 spiro atoms. The monoisotopic (exact) mass is 225 g/mol. The molecule has 1 aromatic rings. The van der Waals surface area contributed by atoms with Crippen LogP contribution < -0.4 is 10.6 Å². The van der Waals surface area contributed by atoms with E-state index in [1.165, 1.54) is 19.4 Å². The Morgan fingerprint density at radius 2 is 2.53 bits per heavy atom. The van der Waals surface area contributed by atoms with Crippen molar-refractivity contribution in [2.24, 2.45) is 0 Å². The molecule has 1 aliphatic rings. The van der Waals surface area contributed by atoms with Crippen LogP contribution in [-0.2, 0) is 0 Å². The summed E-state index contributed by atoms with van der Waals surface area (Å²) in [6, 6.07) is 2.59. The van der Waals surface area contributed by atoms with E-state index >= 15 is 0 Å². The first-order valence-electron chi connectivity index (χ1n) is 5.43. The van der Waals surface area contributed by atoms with Crippen LogP contribution in [0.4, 0.5) is 5.69 Å². The number of halogens is 1. The molecule has 1 saturated heterocycles. The van der Waals surface area contributed by atoms with E-state index in [0.29, 0.717) is 11.1 Å². The van der Waals surface area contributed by atoms with Crippen LogP contribution >= 0.6 is 11.6 Å². The zero-order valence-electron chi connectivity index (χ0n) is 8.67. The number of pyridine rings is 1. The third-order valence-corrected chi connectivity index (χ3v) is 3.04. The molecule has 2 N–H and O–H groups in total. The third-order valence-electron chi connectivity index (χ3n) is 2.74. The Kier molecular flexibility index (Phi) is 3.80. The quantitative estimate of drug-likeness (QED) is 0.826. The lowest BCUT2D eigenvalue weighted by atomic mass is 10.1. The van der Waals surface area contributed by atoms with Gasteiger partial charge >= 0.3 is 0 Å². The summed E-state index contributed by atoms with van der Waals surface area (Å²) in [6.45, 7) is 2.13. The van der Waals surface area contributed by atoms with E-state index in [0.717, 1.165) is 18.7 Å². The van der Waals surface area contributed by atoms with Crippen LogP contribution in [-0.4, -0.2) is 24.1 Å². The van der Waals surface area contributed by atoms with Gasteiger partial charge in [-0.3, -0.25) is 4.98 Å². The van der Waals surface area contributed by atoms with Crippen molar-refractivity contribution < 1.29 is 0 Å². The summed E-state index contributed by atoms with van der Waals surface area (Å²) in [6.07, 6.45) is 7.17. The van der Waals surface area contributed by atoms with E-state index in [9.17, 15) is 0 Å². The molecule has 15 heavy (non-hydrogen) atoms. The first kappa shape index (κ1) is 10.7. The predicted octanol–water partition coefficient (Wildman–Crippen LogP) is 2.29. The number of nitrogens with one attached hydrogen (secondary N) is 2. The number of aromatic nitrogens is 1. The van der Waals surface area contributed by atoms with Crippen LogP contribution in [0.25, 0.3) is 0 Å². The Bertz CT molecular complexity index is 310. The van der Waals surface area contributed by atoms with Gasteiger partial charge in [0.15, 0.2) is 0 Å². The number of nitrogens with zero attached hydrogens (tertiary/aromatic N) is 1.